The lowest BCUT2D eigenvalue weighted by molar-refractivity contribution is 0.0635. The van der Waals surface area contributed by atoms with Gasteiger partial charge in [-0.05, 0) is 76.2 Å². The van der Waals surface area contributed by atoms with Crippen molar-refractivity contribution in [2.24, 2.45) is 0 Å². The van der Waals surface area contributed by atoms with Crippen LogP contribution in [0.1, 0.15) is 43.6 Å². The average molecular weight is 439 g/mol. The molecule has 0 bridgehead atoms. The third kappa shape index (κ3) is 6.47. The number of rotatable bonds is 5. The number of hydrogen-bond acceptors (Lipinski definition) is 5. The van der Waals surface area contributed by atoms with Crippen molar-refractivity contribution in [1.29, 1.82) is 0 Å². The van der Waals surface area contributed by atoms with Crippen molar-refractivity contribution in [2.75, 3.05) is 48.3 Å². The Bertz CT molecular complexity index is 960. The standard InChI is InChI=1S/C25H34N4O3/c1-6-28-12-14-29(15-13-28)21-10-11-22(18(2)16-21)27-23(30)19-8-7-9-20(17-19)26-24(31)32-25(3,4)5/h7-11,16-17H,6,12-15H2,1-5H3,(H,26,31)(H,27,30). The van der Waals surface area contributed by atoms with E-state index in [1.165, 1.54) is 5.69 Å². The van der Waals surface area contributed by atoms with Crippen molar-refractivity contribution >= 4 is 29.1 Å². The van der Waals surface area contributed by atoms with Crippen molar-refractivity contribution in [2.45, 2.75) is 40.2 Å². The molecule has 7 nitrogen and oxygen atoms in total. The Morgan fingerprint density at radius 3 is 2.34 bits per heavy atom. The van der Waals surface area contributed by atoms with Crippen molar-refractivity contribution in [3.63, 3.8) is 0 Å². The van der Waals surface area contributed by atoms with Crippen LogP contribution in [0.15, 0.2) is 42.5 Å². The van der Waals surface area contributed by atoms with E-state index in [0.717, 1.165) is 44.0 Å². The zero-order valence-electron chi connectivity index (χ0n) is 19.7. The lowest BCUT2D eigenvalue weighted by atomic mass is 10.1. The van der Waals surface area contributed by atoms with Crippen LogP contribution < -0.4 is 15.5 Å². The Morgan fingerprint density at radius 2 is 1.72 bits per heavy atom. The summed E-state index contributed by atoms with van der Waals surface area (Å²) >= 11 is 0. The molecule has 0 aromatic heterocycles. The first-order chi connectivity index (χ1) is 15.1. The maximum atomic E-state index is 12.8. The fourth-order valence-electron chi connectivity index (χ4n) is 3.66. The minimum Gasteiger partial charge on any atom is -0.444 e. The molecule has 0 radical (unpaired) electrons. The van der Waals surface area contributed by atoms with E-state index in [1.54, 1.807) is 45.0 Å². The number of carbonyl (C=O) groups is 2. The molecule has 1 aliphatic rings. The number of anilines is 3. The van der Waals surface area contributed by atoms with E-state index in [-0.39, 0.29) is 5.91 Å². The van der Waals surface area contributed by atoms with Crippen LogP contribution in [0.25, 0.3) is 0 Å². The second-order valence-electron chi connectivity index (χ2n) is 9.08. The van der Waals surface area contributed by atoms with Crippen molar-refractivity contribution in [1.82, 2.24) is 4.90 Å². The summed E-state index contributed by atoms with van der Waals surface area (Å²) in [5.41, 5.74) is 3.34. The SMILES string of the molecule is CCN1CCN(c2ccc(NC(=O)c3cccc(NC(=O)OC(C)(C)C)c3)c(C)c2)CC1. The third-order valence-corrected chi connectivity index (χ3v) is 5.41. The topological polar surface area (TPSA) is 73.9 Å². The lowest BCUT2D eigenvalue weighted by Gasteiger charge is -2.35. The van der Waals surface area contributed by atoms with Gasteiger partial charge in [-0.1, -0.05) is 13.0 Å². The number of likely N-dealkylation sites (N-methyl/N-ethyl adjacent to an activating group) is 1. The quantitative estimate of drug-likeness (QED) is 0.706. The Hall–Kier alpha value is -3.06. The number of aryl methyl sites for hydroxylation is 1. The molecule has 7 heteroatoms. The summed E-state index contributed by atoms with van der Waals surface area (Å²) in [6, 6.07) is 12.9. The molecule has 2 aromatic carbocycles. The van der Waals surface area contributed by atoms with Crippen molar-refractivity contribution < 1.29 is 14.3 Å². The van der Waals surface area contributed by atoms with Crippen molar-refractivity contribution in [3.8, 4) is 0 Å². The van der Waals surface area contributed by atoms with Gasteiger partial charge in [-0.3, -0.25) is 10.1 Å². The monoisotopic (exact) mass is 438 g/mol. The molecule has 1 heterocycles. The van der Waals surface area contributed by atoms with Crippen LogP contribution in [0.3, 0.4) is 0 Å². The second-order valence-corrected chi connectivity index (χ2v) is 9.08. The normalized spacial score (nSPS) is 14.7. The number of benzene rings is 2. The maximum absolute atomic E-state index is 12.8. The highest BCUT2D eigenvalue weighted by Gasteiger charge is 2.18. The van der Waals surface area contributed by atoms with Gasteiger partial charge < -0.3 is 19.9 Å². The number of amides is 2. The first-order valence-corrected chi connectivity index (χ1v) is 11.1. The molecule has 2 amide bonds. The number of ether oxygens (including phenoxy) is 1. The third-order valence-electron chi connectivity index (χ3n) is 5.41. The zero-order chi connectivity index (χ0) is 23.3. The molecule has 1 saturated heterocycles. The summed E-state index contributed by atoms with van der Waals surface area (Å²) in [6.45, 7) is 14.9. The zero-order valence-corrected chi connectivity index (χ0v) is 19.7. The molecular weight excluding hydrogens is 404 g/mol. The van der Waals surface area contributed by atoms with Crippen molar-refractivity contribution in [3.05, 3.63) is 53.6 Å². The minimum atomic E-state index is -0.591. The smallest absolute Gasteiger partial charge is 0.412 e. The van der Waals surface area contributed by atoms with Gasteiger partial charge in [-0.25, -0.2) is 4.79 Å². The second kappa shape index (κ2) is 10.0. The van der Waals surface area contributed by atoms with E-state index in [9.17, 15) is 9.59 Å². The molecular formula is C25H34N4O3. The molecule has 32 heavy (non-hydrogen) atoms. The first-order valence-electron chi connectivity index (χ1n) is 11.1. The van der Waals surface area contributed by atoms with E-state index in [2.05, 4.69) is 39.5 Å². The van der Waals surface area contributed by atoms with Gasteiger partial charge in [0.2, 0.25) is 0 Å². The van der Waals surface area contributed by atoms with Crippen LogP contribution in [-0.4, -0.2) is 55.2 Å². The largest absolute Gasteiger partial charge is 0.444 e. The van der Waals surface area contributed by atoms with Crippen LogP contribution in [-0.2, 0) is 4.74 Å². The average Bonchev–Trinajstić information content (AvgIpc) is 2.74. The highest BCUT2D eigenvalue weighted by molar-refractivity contribution is 6.05. The summed E-state index contributed by atoms with van der Waals surface area (Å²) in [4.78, 5) is 29.7. The molecule has 1 aliphatic heterocycles. The van der Waals surface area contributed by atoms with E-state index >= 15 is 0 Å². The first kappa shape index (κ1) is 23.6. The number of hydrogen-bond donors (Lipinski definition) is 2. The van der Waals surface area contributed by atoms with E-state index in [0.29, 0.717) is 11.3 Å². The van der Waals surface area contributed by atoms with Gasteiger partial charge in [0.15, 0.2) is 0 Å². The highest BCUT2D eigenvalue weighted by Crippen LogP contribution is 2.24. The minimum absolute atomic E-state index is 0.231. The van der Waals surface area contributed by atoms with Crippen LogP contribution in [0.4, 0.5) is 21.9 Å². The summed E-state index contributed by atoms with van der Waals surface area (Å²) in [5, 5.41) is 5.65. The molecule has 2 aromatic rings. The predicted octanol–water partition coefficient (Wildman–Crippen LogP) is 4.74. The molecule has 2 N–H and O–H groups in total. The lowest BCUT2D eigenvalue weighted by Crippen LogP contribution is -2.46. The van der Waals surface area contributed by atoms with E-state index in [4.69, 9.17) is 4.74 Å². The van der Waals surface area contributed by atoms with Gasteiger partial charge in [0.1, 0.15) is 5.60 Å². The predicted molar refractivity (Wildman–Crippen MR) is 130 cm³/mol. The molecule has 0 spiro atoms. The van der Waals surface area contributed by atoms with Crippen LogP contribution in [0, 0.1) is 6.92 Å². The van der Waals surface area contributed by atoms with E-state index < -0.39 is 11.7 Å². The maximum Gasteiger partial charge on any atom is 0.412 e. The number of nitrogens with one attached hydrogen (secondary N) is 2. The summed E-state index contributed by atoms with van der Waals surface area (Å²) in [6.07, 6.45) is -0.554. The number of piperazine rings is 1. The molecule has 0 aliphatic carbocycles. The summed E-state index contributed by atoms with van der Waals surface area (Å²) in [5.74, 6) is -0.231. The molecule has 172 valence electrons. The van der Waals surface area contributed by atoms with Crippen LogP contribution in [0.2, 0.25) is 0 Å². The van der Waals surface area contributed by atoms with Crippen LogP contribution >= 0.6 is 0 Å². The molecule has 1 fully saturated rings. The highest BCUT2D eigenvalue weighted by atomic mass is 16.6. The van der Waals surface area contributed by atoms with Gasteiger partial charge in [-0.2, -0.15) is 0 Å². The summed E-state index contributed by atoms with van der Waals surface area (Å²) in [7, 11) is 0. The molecule has 0 unspecified atom stereocenters. The number of carbonyl (C=O) groups excluding carboxylic acids is 2. The molecule has 0 atom stereocenters. The Morgan fingerprint density at radius 1 is 1.00 bits per heavy atom. The molecule has 0 saturated carbocycles. The van der Waals surface area contributed by atoms with E-state index in [1.807, 2.05) is 13.0 Å². The Kier molecular flexibility index (Phi) is 7.40. The van der Waals surface area contributed by atoms with Gasteiger partial charge in [0, 0.05) is 48.8 Å². The summed E-state index contributed by atoms with van der Waals surface area (Å²) < 4.78 is 5.27. The number of nitrogens with zero attached hydrogens (tertiary/aromatic N) is 2. The van der Waals surface area contributed by atoms with Gasteiger partial charge >= 0.3 is 6.09 Å². The fraction of sp³-hybridized carbons (Fsp3) is 0.440. The fourth-order valence-corrected chi connectivity index (χ4v) is 3.66. The van der Waals surface area contributed by atoms with Gasteiger partial charge in [-0.15, -0.1) is 0 Å². The molecule has 3 rings (SSSR count). The Balaban J connectivity index is 1.64. The van der Waals surface area contributed by atoms with Gasteiger partial charge in [0.25, 0.3) is 5.91 Å². The van der Waals surface area contributed by atoms with Crippen LogP contribution in [0.5, 0.6) is 0 Å². The Labute approximate surface area is 190 Å². The van der Waals surface area contributed by atoms with Gasteiger partial charge in [0.05, 0.1) is 0 Å².